The van der Waals surface area contributed by atoms with E-state index >= 15 is 0 Å². The minimum absolute atomic E-state index is 0.925. The Bertz CT molecular complexity index is 610. The summed E-state index contributed by atoms with van der Waals surface area (Å²) in [7, 11) is 0. The Morgan fingerprint density at radius 2 is 1.45 bits per heavy atom. The van der Waals surface area contributed by atoms with Crippen LogP contribution in [0.15, 0.2) is 73.1 Å². The lowest BCUT2D eigenvalue weighted by molar-refractivity contribution is -0.693. The maximum atomic E-state index is 2.29. The first-order chi connectivity index (χ1) is 9.83. The molecule has 3 rings (SSSR count). The van der Waals surface area contributed by atoms with Crippen LogP contribution in [0.1, 0.15) is 17.0 Å². The normalized spacial score (nSPS) is 10.7. The van der Waals surface area contributed by atoms with E-state index in [2.05, 4.69) is 89.1 Å². The van der Waals surface area contributed by atoms with Gasteiger partial charge in [-0.25, -0.2) is 9.13 Å². The van der Waals surface area contributed by atoms with Crippen molar-refractivity contribution in [2.45, 2.75) is 20.0 Å². The number of benzene rings is 2. The molecule has 0 spiro atoms. The van der Waals surface area contributed by atoms with Crippen LogP contribution < -0.4 is 4.57 Å². The summed E-state index contributed by atoms with van der Waals surface area (Å²) in [6, 6.07) is 21.1. The number of hydrogen-bond donors (Lipinski definition) is 0. The second kappa shape index (κ2) is 5.74. The van der Waals surface area contributed by atoms with E-state index in [-0.39, 0.29) is 0 Å². The van der Waals surface area contributed by atoms with Crippen molar-refractivity contribution in [1.29, 1.82) is 0 Å². The SMILES string of the molecule is Cc1n(Cc2ccccc2)cc[n+]1Cc1ccccc1. The van der Waals surface area contributed by atoms with Gasteiger partial charge in [-0.3, -0.25) is 0 Å². The van der Waals surface area contributed by atoms with Crippen LogP contribution in [0.5, 0.6) is 0 Å². The largest absolute Gasteiger partial charge is 0.253 e. The average molecular weight is 263 g/mol. The minimum atomic E-state index is 0.925. The molecule has 2 nitrogen and oxygen atoms in total. The van der Waals surface area contributed by atoms with Gasteiger partial charge in [0.1, 0.15) is 25.5 Å². The monoisotopic (exact) mass is 263 g/mol. The maximum absolute atomic E-state index is 2.29. The molecule has 0 aliphatic rings. The zero-order chi connectivity index (χ0) is 13.8. The molecule has 2 heteroatoms. The highest BCUT2D eigenvalue weighted by atomic mass is 15.1. The van der Waals surface area contributed by atoms with Crippen molar-refractivity contribution in [3.8, 4) is 0 Å². The highest BCUT2D eigenvalue weighted by Gasteiger charge is 2.12. The molecule has 0 aliphatic heterocycles. The quantitative estimate of drug-likeness (QED) is 0.639. The van der Waals surface area contributed by atoms with Gasteiger partial charge in [0.2, 0.25) is 0 Å². The highest BCUT2D eigenvalue weighted by molar-refractivity contribution is 5.15. The van der Waals surface area contributed by atoms with Crippen LogP contribution in [0.2, 0.25) is 0 Å². The van der Waals surface area contributed by atoms with Gasteiger partial charge in [-0.15, -0.1) is 0 Å². The lowest BCUT2D eigenvalue weighted by Gasteiger charge is -2.02. The Morgan fingerprint density at radius 3 is 2.10 bits per heavy atom. The zero-order valence-electron chi connectivity index (χ0n) is 11.7. The molecule has 1 aromatic heterocycles. The number of hydrogen-bond acceptors (Lipinski definition) is 0. The second-order valence-corrected chi connectivity index (χ2v) is 5.07. The van der Waals surface area contributed by atoms with E-state index in [4.69, 9.17) is 0 Å². The van der Waals surface area contributed by atoms with Gasteiger partial charge in [0.25, 0.3) is 5.82 Å². The highest BCUT2D eigenvalue weighted by Crippen LogP contribution is 2.05. The molecule has 3 aromatic rings. The van der Waals surface area contributed by atoms with Gasteiger partial charge in [0.05, 0.1) is 0 Å². The van der Waals surface area contributed by atoms with E-state index in [0.29, 0.717) is 0 Å². The summed E-state index contributed by atoms with van der Waals surface area (Å²) in [4.78, 5) is 0. The summed E-state index contributed by atoms with van der Waals surface area (Å²) < 4.78 is 4.58. The van der Waals surface area contributed by atoms with Crippen LogP contribution in [0, 0.1) is 6.92 Å². The molecule has 0 aliphatic carbocycles. The van der Waals surface area contributed by atoms with Crippen molar-refractivity contribution < 1.29 is 4.57 Å². The molecule has 1 heterocycles. The van der Waals surface area contributed by atoms with Crippen molar-refractivity contribution in [3.05, 3.63) is 90.0 Å². The van der Waals surface area contributed by atoms with Crippen molar-refractivity contribution in [1.82, 2.24) is 4.57 Å². The van der Waals surface area contributed by atoms with Crippen LogP contribution in [0.3, 0.4) is 0 Å². The summed E-state index contributed by atoms with van der Waals surface area (Å²) in [5.41, 5.74) is 2.66. The first kappa shape index (κ1) is 12.7. The lowest BCUT2D eigenvalue weighted by Crippen LogP contribution is -2.36. The van der Waals surface area contributed by atoms with Crippen molar-refractivity contribution >= 4 is 0 Å². The van der Waals surface area contributed by atoms with Gasteiger partial charge < -0.3 is 0 Å². The molecule has 0 saturated carbocycles. The summed E-state index contributed by atoms with van der Waals surface area (Å²) in [5.74, 6) is 1.28. The molecule has 0 fully saturated rings. The Labute approximate surface area is 119 Å². The Balaban J connectivity index is 1.79. The smallest absolute Gasteiger partial charge is 0.230 e. The van der Waals surface area contributed by atoms with Crippen LogP contribution >= 0.6 is 0 Å². The summed E-state index contributed by atoms with van der Waals surface area (Å²) in [6.45, 7) is 4.02. The lowest BCUT2D eigenvalue weighted by atomic mass is 10.2. The fraction of sp³-hybridized carbons (Fsp3) is 0.167. The summed E-state index contributed by atoms with van der Waals surface area (Å²) >= 11 is 0. The first-order valence-electron chi connectivity index (χ1n) is 6.96. The Hall–Kier alpha value is -2.35. The standard InChI is InChI=1S/C18H19N2/c1-16-19(14-17-8-4-2-5-9-17)12-13-20(16)15-18-10-6-3-7-11-18/h2-13H,14-15H2,1H3/q+1. The predicted octanol–water partition coefficient (Wildman–Crippen LogP) is 3.18. The fourth-order valence-electron chi connectivity index (χ4n) is 2.44. The molecule has 0 atom stereocenters. The van der Waals surface area contributed by atoms with E-state index in [1.165, 1.54) is 17.0 Å². The van der Waals surface area contributed by atoms with Crippen LogP contribution in [0.4, 0.5) is 0 Å². The molecule has 0 radical (unpaired) electrons. The fourth-order valence-corrected chi connectivity index (χ4v) is 2.44. The summed E-state index contributed by atoms with van der Waals surface area (Å²) in [6.07, 6.45) is 4.32. The molecular formula is C18H19N2+. The van der Waals surface area contributed by atoms with E-state index in [9.17, 15) is 0 Å². The van der Waals surface area contributed by atoms with Gasteiger partial charge in [0.15, 0.2) is 0 Å². The molecule has 0 N–H and O–H groups in total. The topological polar surface area (TPSA) is 8.81 Å². The molecule has 0 amide bonds. The molecule has 100 valence electrons. The number of nitrogens with zero attached hydrogens (tertiary/aromatic N) is 2. The average Bonchev–Trinajstić information content (AvgIpc) is 2.83. The zero-order valence-corrected chi connectivity index (χ0v) is 11.7. The van der Waals surface area contributed by atoms with Gasteiger partial charge in [-0.2, -0.15) is 0 Å². The van der Waals surface area contributed by atoms with E-state index in [1.807, 2.05) is 0 Å². The van der Waals surface area contributed by atoms with Crippen LogP contribution in [0.25, 0.3) is 0 Å². The van der Waals surface area contributed by atoms with Crippen LogP contribution in [-0.4, -0.2) is 4.57 Å². The summed E-state index contributed by atoms with van der Waals surface area (Å²) in [5, 5.41) is 0. The number of imidazole rings is 1. The third-order valence-corrected chi connectivity index (χ3v) is 3.65. The first-order valence-corrected chi connectivity index (χ1v) is 6.96. The van der Waals surface area contributed by atoms with Crippen LogP contribution in [-0.2, 0) is 13.1 Å². The molecule has 2 aromatic carbocycles. The molecular weight excluding hydrogens is 244 g/mol. The van der Waals surface area contributed by atoms with Gasteiger partial charge in [-0.1, -0.05) is 60.7 Å². The minimum Gasteiger partial charge on any atom is -0.230 e. The molecule has 0 saturated heterocycles. The van der Waals surface area contributed by atoms with Gasteiger partial charge in [-0.05, 0) is 11.1 Å². The van der Waals surface area contributed by atoms with E-state index < -0.39 is 0 Å². The third kappa shape index (κ3) is 2.80. The van der Waals surface area contributed by atoms with Crippen molar-refractivity contribution in [2.75, 3.05) is 0 Å². The molecule has 0 unspecified atom stereocenters. The third-order valence-electron chi connectivity index (χ3n) is 3.65. The Kier molecular flexibility index (Phi) is 3.64. The second-order valence-electron chi connectivity index (χ2n) is 5.07. The maximum Gasteiger partial charge on any atom is 0.253 e. The van der Waals surface area contributed by atoms with E-state index in [1.54, 1.807) is 0 Å². The van der Waals surface area contributed by atoms with Gasteiger partial charge in [0, 0.05) is 6.92 Å². The Morgan fingerprint density at radius 1 is 0.850 bits per heavy atom. The molecule has 0 bridgehead atoms. The number of aromatic nitrogens is 2. The molecule has 20 heavy (non-hydrogen) atoms. The number of rotatable bonds is 4. The van der Waals surface area contributed by atoms with Crippen molar-refractivity contribution in [2.24, 2.45) is 0 Å². The van der Waals surface area contributed by atoms with Crippen molar-refractivity contribution in [3.63, 3.8) is 0 Å². The van der Waals surface area contributed by atoms with Gasteiger partial charge >= 0.3 is 0 Å². The van der Waals surface area contributed by atoms with E-state index in [0.717, 1.165) is 13.1 Å². The predicted molar refractivity (Wildman–Crippen MR) is 80.5 cm³/mol.